The third-order valence-corrected chi connectivity index (χ3v) is 2.41. The summed E-state index contributed by atoms with van der Waals surface area (Å²) in [4.78, 5) is 20.2. The van der Waals surface area contributed by atoms with Crippen LogP contribution in [0.1, 0.15) is 25.7 Å². The highest BCUT2D eigenvalue weighted by Gasteiger charge is 2.22. The molecule has 2 heterocycles. The summed E-state index contributed by atoms with van der Waals surface area (Å²) < 4.78 is 9.63. The largest absolute Gasteiger partial charge is 0.479 e. The van der Waals surface area contributed by atoms with Crippen LogP contribution in [0.15, 0.2) is 0 Å². The van der Waals surface area contributed by atoms with Crippen molar-refractivity contribution in [3.05, 3.63) is 0 Å². The average molecular weight is 232 g/mol. The van der Waals surface area contributed by atoms with Crippen molar-refractivity contribution in [2.45, 2.75) is 37.9 Å². The molecular weight excluding hydrogens is 216 g/mol. The van der Waals surface area contributed by atoms with Gasteiger partial charge in [-0.2, -0.15) is 0 Å². The van der Waals surface area contributed by atoms with E-state index in [1.54, 1.807) is 0 Å². The third kappa shape index (κ3) is 4.16. The van der Waals surface area contributed by atoms with Crippen LogP contribution in [0.5, 0.6) is 0 Å². The number of hydrogen-bond donors (Lipinski definition) is 2. The second kappa shape index (κ2) is 6.44. The average Bonchev–Trinajstić information content (AvgIpc) is 2.93. The topological polar surface area (TPSA) is 93.1 Å². The number of ether oxygens (including phenoxy) is 2. The number of carbonyl (C=O) groups is 2. The number of aliphatic carboxylic acids is 2. The molecule has 2 N–H and O–H groups in total. The highest BCUT2D eigenvalue weighted by atomic mass is 16.5. The lowest BCUT2D eigenvalue weighted by Crippen LogP contribution is -2.17. The summed E-state index contributed by atoms with van der Waals surface area (Å²) in [6, 6.07) is 0. The lowest BCUT2D eigenvalue weighted by molar-refractivity contribution is -0.148. The fourth-order valence-corrected chi connectivity index (χ4v) is 1.54. The Kier molecular flexibility index (Phi) is 5.21. The minimum atomic E-state index is -0.831. The van der Waals surface area contributed by atoms with Crippen molar-refractivity contribution in [2.75, 3.05) is 13.2 Å². The van der Waals surface area contributed by atoms with Gasteiger partial charge in [-0.3, -0.25) is 0 Å². The summed E-state index contributed by atoms with van der Waals surface area (Å²) in [6.45, 7) is 1.22. The molecule has 0 radical (unpaired) electrons. The van der Waals surface area contributed by atoms with E-state index in [1.165, 1.54) is 0 Å². The Morgan fingerprint density at radius 2 is 1.25 bits per heavy atom. The van der Waals surface area contributed by atoms with Gasteiger partial charge in [0.15, 0.2) is 12.2 Å². The first-order valence-electron chi connectivity index (χ1n) is 5.30. The Hall–Kier alpha value is -1.14. The van der Waals surface area contributed by atoms with E-state index in [4.69, 9.17) is 19.7 Å². The van der Waals surface area contributed by atoms with E-state index in [-0.39, 0.29) is 0 Å². The Morgan fingerprint density at radius 3 is 1.38 bits per heavy atom. The molecule has 0 saturated carbocycles. The van der Waals surface area contributed by atoms with E-state index in [0.29, 0.717) is 26.1 Å². The molecule has 0 aromatic carbocycles. The van der Waals surface area contributed by atoms with Crippen LogP contribution in [0.25, 0.3) is 0 Å². The van der Waals surface area contributed by atoms with Crippen molar-refractivity contribution < 1.29 is 29.3 Å². The van der Waals surface area contributed by atoms with Gasteiger partial charge in [0.1, 0.15) is 0 Å². The van der Waals surface area contributed by atoms with Crippen LogP contribution < -0.4 is 0 Å². The molecule has 2 rings (SSSR count). The third-order valence-electron chi connectivity index (χ3n) is 2.41. The number of rotatable bonds is 2. The van der Waals surface area contributed by atoms with Crippen molar-refractivity contribution in [1.82, 2.24) is 0 Å². The van der Waals surface area contributed by atoms with Gasteiger partial charge in [0, 0.05) is 13.2 Å². The van der Waals surface area contributed by atoms with Gasteiger partial charge in [-0.25, -0.2) is 9.59 Å². The minimum Gasteiger partial charge on any atom is -0.479 e. The summed E-state index contributed by atoms with van der Waals surface area (Å²) in [6.07, 6.45) is 2.09. The van der Waals surface area contributed by atoms with Gasteiger partial charge in [-0.05, 0) is 25.7 Å². The van der Waals surface area contributed by atoms with Crippen LogP contribution in [0.4, 0.5) is 0 Å². The van der Waals surface area contributed by atoms with Crippen LogP contribution in [-0.4, -0.2) is 47.6 Å². The molecule has 0 aromatic heterocycles. The van der Waals surface area contributed by atoms with Gasteiger partial charge in [0.05, 0.1) is 0 Å². The molecule has 2 unspecified atom stereocenters. The maximum atomic E-state index is 10.1. The summed E-state index contributed by atoms with van der Waals surface area (Å²) in [5.74, 6) is -1.66. The van der Waals surface area contributed by atoms with Crippen molar-refractivity contribution >= 4 is 11.9 Å². The number of carboxylic acids is 2. The fraction of sp³-hybridized carbons (Fsp3) is 0.800. The molecular formula is C10H16O6. The second-order valence-electron chi connectivity index (χ2n) is 3.68. The Balaban J connectivity index is 0.000000160. The Morgan fingerprint density at radius 1 is 0.875 bits per heavy atom. The summed E-state index contributed by atoms with van der Waals surface area (Å²) >= 11 is 0. The molecule has 2 aliphatic rings. The van der Waals surface area contributed by atoms with E-state index in [0.717, 1.165) is 12.8 Å². The highest BCUT2D eigenvalue weighted by Crippen LogP contribution is 2.11. The summed E-state index contributed by atoms with van der Waals surface area (Å²) in [7, 11) is 0. The molecule has 0 amide bonds. The van der Waals surface area contributed by atoms with E-state index >= 15 is 0 Å². The van der Waals surface area contributed by atoms with E-state index < -0.39 is 24.1 Å². The van der Waals surface area contributed by atoms with Gasteiger partial charge >= 0.3 is 11.9 Å². The quantitative estimate of drug-likeness (QED) is 0.720. The monoisotopic (exact) mass is 232 g/mol. The minimum absolute atomic E-state index is 0.519. The molecule has 0 aromatic rings. The highest BCUT2D eigenvalue weighted by molar-refractivity contribution is 5.72. The molecule has 2 aliphatic heterocycles. The van der Waals surface area contributed by atoms with Crippen molar-refractivity contribution in [3.63, 3.8) is 0 Å². The molecule has 92 valence electrons. The fourth-order valence-electron chi connectivity index (χ4n) is 1.54. The van der Waals surface area contributed by atoms with Crippen LogP contribution in [0, 0.1) is 0 Å². The van der Waals surface area contributed by atoms with Gasteiger partial charge in [0.2, 0.25) is 0 Å². The molecule has 2 saturated heterocycles. The zero-order chi connectivity index (χ0) is 12.0. The van der Waals surface area contributed by atoms with Crippen LogP contribution in [-0.2, 0) is 19.1 Å². The lowest BCUT2D eigenvalue weighted by atomic mass is 10.2. The first-order valence-corrected chi connectivity index (χ1v) is 5.30. The maximum absolute atomic E-state index is 10.1. The molecule has 16 heavy (non-hydrogen) atoms. The molecule has 0 spiro atoms. The standard InChI is InChI=1S/2C5H8O3/c2*6-5(7)4-2-1-3-8-4/h2*4H,1-3H2,(H,6,7). The van der Waals surface area contributed by atoms with Crippen LogP contribution in [0.3, 0.4) is 0 Å². The van der Waals surface area contributed by atoms with Crippen molar-refractivity contribution in [1.29, 1.82) is 0 Å². The lowest BCUT2D eigenvalue weighted by Gasteiger charge is -1.98. The van der Waals surface area contributed by atoms with E-state index in [9.17, 15) is 9.59 Å². The molecule has 0 aliphatic carbocycles. The first-order chi connectivity index (χ1) is 7.61. The summed E-state index contributed by atoms with van der Waals surface area (Å²) in [5, 5.41) is 16.6. The zero-order valence-corrected chi connectivity index (χ0v) is 8.92. The number of hydrogen-bond acceptors (Lipinski definition) is 4. The first kappa shape index (κ1) is 12.9. The predicted octanol–water partition coefficient (Wildman–Crippen LogP) is 0.500. The van der Waals surface area contributed by atoms with Gasteiger partial charge in [0.25, 0.3) is 0 Å². The smallest absolute Gasteiger partial charge is 0.332 e. The Labute approximate surface area is 93.2 Å². The Bertz CT molecular complexity index is 214. The number of carboxylic acid groups (broad SMARTS) is 2. The molecule has 6 heteroatoms. The summed E-state index contributed by atoms with van der Waals surface area (Å²) in [5.41, 5.74) is 0. The molecule has 0 bridgehead atoms. The SMILES string of the molecule is O=C(O)C1CCCO1.O=C(O)C1CCCO1. The molecule has 6 nitrogen and oxygen atoms in total. The molecule has 2 atom stereocenters. The van der Waals surface area contributed by atoms with Crippen molar-refractivity contribution in [3.8, 4) is 0 Å². The maximum Gasteiger partial charge on any atom is 0.332 e. The van der Waals surface area contributed by atoms with Crippen LogP contribution >= 0.6 is 0 Å². The zero-order valence-electron chi connectivity index (χ0n) is 8.92. The van der Waals surface area contributed by atoms with Gasteiger partial charge in [-0.1, -0.05) is 0 Å². The molecule has 2 fully saturated rings. The van der Waals surface area contributed by atoms with E-state index in [2.05, 4.69) is 0 Å². The van der Waals surface area contributed by atoms with Crippen LogP contribution in [0.2, 0.25) is 0 Å². The predicted molar refractivity (Wildman–Crippen MR) is 53.2 cm³/mol. The van der Waals surface area contributed by atoms with Gasteiger partial charge < -0.3 is 19.7 Å². The van der Waals surface area contributed by atoms with Crippen molar-refractivity contribution in [2.24, 2.45) is 0 Å². The van der Waals surface area contributed by atoms with E-state index in [1.807, 2.05) is 0 Å². The second-order valence-corrected chi connectivity index (χ2v) is 3.68. The van der Waals surface area contributed by atoms with Gasteiger partial charge in [-0.15, -0.1) is 0 Å². The normalized spacial score (nSPS) is 28.2.